The highest BCUT2D eigenvalue weighted by molar-refractivity contribution is 6.46. The number of aliphatic hydroxyl groups excluding tert-OH is 1. The lowest BCUT2D eigenvalue weighted by atomic mass is 9.84. The normalized spacial score (nSPS) is 17.8. The van der Waals surface area contributed by atoms with Crippen molar-refractivity contribution in [2.45, 2.75) is 45.7 Å². The molecule has 2 aromatic carbocycles. The maximum absolute atomic E-state index is 13.4. The van der Waals surface area contributed by atoms with Crippen molar-refractivity contribution < 1.29 is 19.1 Å². The van der Waals surface area contributed by atoms with Crippen LogP contribution in [-0.2, 0) is 21.5 Å². The summed E-state index contributed by atoms with van der Waals surface area (Å²) in [5.41, 5.74) is 4.10. The highest BCUT2D eigenvalue weighted by atomic mass is 16.3. The third-order valence-electron chi connectivity index (χ3n) is 6.53. The first-order chi connectivity index (χ1) is 16.5. The molecule has 0 radical (unpaired) electrons. The van der Waals surface area contributed by atoms with Crippen LogP contribution in [0.3, 0.4) is 0 Å². The first-order valence-corrected chi connectivity index (χ1v) is 11.7. The fraction of sp³-hybridized carbons (Fsp3) is 0.310. The number of aryl methyl sites for hydroxylation is 1. The van der Waals surface area contributed by atoms with Gasteiger partial charge in [-0.3, -0.25) is 9.59 Å². The Labute approximate surface area is 206 Å². The monoisotopic (exact) mass is 472 g/mol. The Hall–Kier alpha value is -3.80. The molecule has 1 N–H and O–H groups in total. The summed E-state index contributed by atoms with van der Waals surface area (Å²) in [6.07, 6.45) is 1.54. The minimum absolute atomic E-state index is 0.0910. The summed E-state index contributed by atoms with van der Waals surface area (Å²) < 4.78 is 5.48. The van der Waals surface area contributed by atoms with Gasteiger partial charge in [-0.25, -0.2) is 0 Å². The molecule has 1 aromatic heterocycles. The Morgan fingerprint density at radius 1 is 1.06 bits per heavy atom. The molecule has 0 saturated carbocycles. The number of carbonyl (C=O) groups excluding carboxylic acids is 2. The lowest BCUT2D eigenvalue weighted by molar-refractivity contribution is -0.140. The first-order valence-electron chi connectivity index (χ1n) is 11.7. The summed E-state index contributed by atoms with van der Waals surface area (Å²) in [6, 6.07) is 16.3. The van der Waals surface area contributed by atoms with Crippen molar-refractivity contribution in [3.63, 3.8) is 0 Å². The fourth-order valence-electron chi connectivity index (χ4n) is 4.40. The molecular formula is C29H32N2O4. The van der Waals surface area contributed by atoms with Gasteiger partial charge in [-0.15, -0.1) is 0 Å². The third kappa shape index (κ3) is 4.61. The Morgan fingerprint density at radius 3 is 2.31 bits per heavy atom. The van der Waals surface area contributed by atoms with E-state index in [2.05, 4.69) is 20.8 Å². The summed E-state index contributed by atoms with van der Waals surface area (Å²) in [5.74, 6) is -0.950. The van der Waals surface area contributed by atoms with Crippen LogP contribution in [-0.4, -0.2) is 35.8 Å². The minimum atomic E-state index is -0.742. The number of furan rings is 1. The number of benzene rings is 2. The summed E-state index contributed by atoms with van der Waals surface area (Å²) in [5, 5.41) is 11.5. The zero-order valence-corrected chi connectivity index (χ0v) is 21.1. The maximum Gasteiger partial charge on any atom is 0.296 e. The van der Waals surface area contributed by atoms with Crippen LogP contribution in [0.1, 0.15) is 54.8 Å². The first kappa shape index (κ1) is 24.3. The lowest BCUT2D eigenvalue weighted by Crippen LogP contribution is -2.29. The maximum atomic E-state index is 13.4. The van der Waals surface area contributed by atoms with Crippen LogP contribution in [0.25, 0.3) is 5.76 Å². The largest absolute Gasteiger partial charge is 0.507 e. The number of rotatable bonds is 5. The van der Waals surface area contributed by atoms with E-state index in [0.29, 0.717) is 11.3 Å². The van der Waals surface area contributed by atoms with Crippen molar-refractivity contribution in [3.05, 3.63) is 94.4 Å². The van der Waals surface area contributed by atoms with Gasteiger partial charge in [0.05, 0.1) is 24.4 Å². The van der Waals surface area contributed by atoms with Gasteiger partial charge in [0.15, 0.2) is 0 Å². The smallest absolute Gasteiger partial charge is 0.296 e. The van der Waals surface area contributed by atoms with Crippen molar-refractivity contribution in [2.24, 2.45) is 0 Å². The van der Waals surface area contributed by atoms with Crippen LogP contribution in [0.4, 0.5) is 5.69 Å². The number of ketones is 1. The molecule has 4 rings (SSSR count). The Morgan fingerprint density at radius 2 is 1.74 bits per heavy atom. The molecule has 2 heterocycles. The Bertz CT molecular complexity index is 1280. The Kier molecular flexibility index (Phi) is 6.32. The van der Waals surface area contributed by atoms with Gasteiger partial charge in [0.1, 0.15) is 11.5 Å². The van der Waals surface area contributed by atoms with Gasteiger partial charge < -0.3 is 19.3 Å². The van der Waals surface area contributed by atoms with Crippen molar-refractivity contribution in [1.29, 1.82) is 0 Å². The topological polar surface area (TPSA) is 74.0 Å². The average molecular weight is 473 g/mol. The molecule has 1 amide bonds. The standard InChI is InChI=1S/C29H32N2O4/c1-18-9-12-20(29(2,3)4)16-23(18)26(32)24-25(19-10-13-21(14-11-19)30(5)6)31(28(34)27(24)33)17-22-8-7-15-35-22/h7-16,25,32H,17H2,1-6H3/b26-24+. The van der Waals surface area contributed by atoms with E-state index in [1.807, 2.05) is 68.4 Å². The summed E-state index contributed by atoms with van der Waals surface area (Å²) >= 11 is 0. The zero-order valence-electron chi connectivity index (χ0n) is 21.1. The van der Waals surface area contributed by atoms with Crippen LogP contribution in [0.5, 0.6) is 0 Å². The number of likely N-dealkylation sites (tertiary alicyclic amines) is 1. The van der Waals surface area contributed by atoms with E-state index in [4.69, 9.17) is 4.42 Å². The van der Waals surface area contributed by atoms with Gasteiger partial charge in [0.2, 0.25) is 0 Å². The molecule has 0 bridgehead atoms. The average Bonchev–Trinajstić information content (AvgIpc) is 3.40. The summed E-state index contributed by atoms with van der Waals surface area (Å²) in [6.45, 7) is 8.29. The predicted octanol–water partition coefficient (Wildman–Crippen LogP) is 5.57. The van der Waals surface area contributed by atoms with E-state index in [1.165, 1.54) is 11.2 Å². The zero-order chi connectivity index (χ0) is 25.5. The number of hydrogen-bond donors (Lipinski definition) is 1. The molecule has 35 heavy (non-hydrogen) atoms. The lowest BCUT2D eigenvalue weighted by Gasteiger charge is -2.25. The highest BCUT2D eigenvalue weighted by Crippen LogP contribution is 2.41. The van der Waals surface area contributed by atoms with Crippen molar-refractivity contribution in [2.75, 3.05) is 19.0 Å². The molecule has 1 aliphatic heterocycles. The van der Waals surface area contributed by atoms with Crippen LogP contribution < -0.4 is 4.90 Å². The van der Waals surface area contributed by atoms with Crippen LogP contribution in [0.2, 0.25) is 0 Å². The second-order valence-corrected chi connectivity index (χ2v) is 10.3. The molecule has 1 fully saturated rings. The van der Waals surface area contributed by atoms with Gasteiger partial charge in [0.25, 0.3) is 11.7 Å². The van der Waals surface area contributed by atoms with Gasteiger partial charge in [0, 0.05) is 25.3 Å². The fourth-order valence-corrected chi connectivity index (χ4v) is 4.40. The van der Waals surface area contributed by atoms with Crippen molar-refractivity contribution >= 4 is 23.1 Å². The number of hydrogen-bond acceptors (Lipinski definition) is 5. The van der Waals surface area contributed by atoms with Gasteiger partial charge in [-0.2, -0.15) is 0 Å². The van der Waals surface area contributed by atoms with Crippen molar-refractivity contribution in [3.8, 4) is 0 Å². The molecule has 6 nitrogen and oxygen atoms in total. The number of anilines is 1. The van der Waals surface area contributed by atoms with E-state index in [1.54, 1.807) is 12.1 Å². The second kappa shape index (κ2) is 9.10. The number of nitrogens with zero attached hydrogens (tertiary/aromatic N) is 2. The molecule has 6 heteroatoms. The number of carbonyl (C=O) groups is 2. The van der Waals surface area contributed by atoms with Gasteiger partial charge >= 0.3 is 0 Å². The SMILES string of the molecule is Cc1ccc(C(C)(C)C)cc1/C(O)=C1\C(=O)C(=O)N(Cc2ccco2)C1c1ccc(N(C)C)cc1. The minimum Gasteiger partial charge on any atom is -0.507 e. The van der Waals surface area contributed by atoms with Gasteiger partial charge in [-0.05, 0) is 59.4 Å². The number of amides is 1. The molecule has 1 unspecified atom stereocenters. The molecule has 1 saturated heterocycles. The number of aliphatic hydroxyl groups is 1. The second-order valence-electron chi connectivity index (χ2n) is 10.3. The molecule has 1 aliphatic rings. The molecule has 1 atom stereocenters. The molecule has 0 aliphatic carbocycles. The van der Waals surface area contributed by atoms with E-state index >= 15 is 0 Å². The Balaban J connectivity index is 1.90. The van der Waals surface area contributed by atoms with Crippen LogP contribution in [0.15, 0.2) is 70.9 Å². The van der Waals surface area contributed by atoms with Gasteiger partial charge in [-0.1, -0.05) is 45.0 Å². The van der Waals surface area contributed by atoms with E-state index in [9.17, 15) is 14.7 Å². The quantitative estimate of drug-likeness (QED) is 0.298. The molecule has 3 aromatic rings. The molecule has 0 spiro atoms. The molecule has 182 valence electrons. The highest BCUT2D eigenvalue weighted by Gasteiger charge is 2.46. The predicted molar refractivity (Wildman–Crippen MR) is 137 cm³/mol. The van der Waals surface area contributed by atoms with E-state index in [-0.39, 0.29) is 23.3 Å². The van der Waals surface area contributed by atoms with Crippen LogP contribution in [0, 0.1) is 6.92 Å². The number of Topliss-reactive ketones (excluding diaryl/α,β-unsaturated/α-hetero) is 1. The molecular weight excluding hydrogens is 440 g/mol. The van der Waals surface area contributed by atoms with Crippen molar-refractivity contribution in [1.82, 2.24) is 4.90 Å². The van der Waals surface area contributed by atoms with Crippen LogP contribution >= 0.6 is 0 Å². The third-order valence-corrected chi connectivity index (χ3v) is 6.53. The van der Waals surface area contributed by atoms with E-state index in [0.717, 1.165) is 22.4 Å². The van der Waals surface area contributed by atoms with E-state index < -0.39 is 17.7 Å². The summed E-state index contributed by atoms with van der Waals surface area (Å²) in [4.78, 5) is 30.0. The summed E-state index contributed by atoms with van der Waals surface area (Å²) in [7, 11) is 3.89.